The zero-order valence-corrected chi connectivity index (χ0v) is 16.9. The molecule has 0 aliphatic carbocycles. The van der Waals surface area contributed by atoms with Gasteiger partial charge < -0.3 is 14.4 Å². The molecule has 0 bridgehead atoms. The molecular weight excluding hydrogens is 372 g/mol. The number of hydrogen-bond donors (Lipinski definition) is 1. The third kappa shape index (κ3) is 3.94. The number of aryl methyl sites for hydroxylation is 1. The molecule has 2 aromatic carbocycles. The van der Waals surface area contributed by atoms with Gasteiger partial charge in [0.2, 0.25) is 0 Å². The summed E-state index contributed by atoms with van der Waals surface area (Å²) in [5.41, 5.74) is 2.92. The summed E-state index contributed by atoms with van der Waals surface area (Å²) in [4.78, 5) is 22.2. The molecule has 0 saturated heterocycles. The van der Waals surface area contributed by atoms with E-state index in [4.69, 9.17) is 4.74 Å². The first kappa shape index (κ1) is 20.4. The number of carboxylic acids is 1. The Balaban J connectivity index is 2.13. The zero-order valence-electron chi connectivity index (χ0n) is 16.9. The van der Waals surface area contributed by atoms with Gasteiger partial charge in [0.1, 0.15) is 5.75 Å². The van der Waals surface area contributed by atoms with Gasteiger partial charge in [-0.2, -0.15) is 0 Å². The molecule has 0 atom stereocenters. The number of ether oxygens (including phenoxy) is 1. The van der Waals surface area contributed by atoms with Crippen molar-refractivity contribution < 1.29 is 19.6 Å². The second-order valence-corrected chi connectivity index (χ2v) is 7.83. The molecule has 0 amide bonds. The average molecular weight is 396 g/mol. The summed E-state index contributed by atoms with van der Waals surface area (Å²) >= 11 is 0. The highest BCUT2D eigenvalue weighted by Crippen LogP contribution is 2.34. The van der Waals surface area contributed by atoms with Crippen molar-refractivity contribution in [2.24, 2.45) is 5.41 Å². The first-order valence-electron chi connectivity index (χ1n) is 9.26. The number of hydrogen-bond acceptors (Lipinski definition) is 4. The van der Waals surface area contributed by atoms with E-state index in [9.17, 15) is 20.0 Å². The number of carbonyl (C=O) groups is 1. The Bertz CT molecular complexity index is 1080. The Morgan fingerprint density at radius 3 is 2.41 bits per heavy atom. The second-order valence-electron chi connectivity index (χ2n) is 7.83. The summed E-state index contributed by atoms with van der Waals surface area (Å²) in [6.45, 7) is 5.90. The van der Waals surface area contributed by atoms with Gasteiger partial charge in [-0.1, -0.05) is 12.1 Å². The summed E-state index contributed by atoms with van der Waals surface area (Å²) in [7, 11) is 1.61. The van der Waals surface area contributed by atoms with Gasteiger partial charge in [-0.05, 0) is 50.1 Å². The van der Waals surface area contributed by atoms with E-state index in [2.05, 4.69) is 4.57 Å². The Kier molecular flexibility index (Phi) is 5.33. The minimum absolute atomic E-state index is 0.0410. The lowest BCUT2D eigenvalue weighted by atomic mass is 9.87. The molecule has 29 heavy (non-hydrogen) atoms. The molecule has 3 aromatic rings. The molecule has 0 aliphatic rings. The standard InChI is InChI=1S/C22H24N2O5/c1-14-18-11-17(29-4)9-10-19(18)23(20(14)12-22(2,3)21(25)26)13-15-5-7-16(8-6-15)24(27)28/h5-11H,12-13H2,1-4H3,(H,25,26). The molecular formula is C22H24N2O5. The molecule has 152 valence electrons. The summed E-state index contributed by atoms with van der Waals surface area (Å²) in [6.07, 6.45) is 0.359. The van der Waals surface area contributed by atoms with Gasteiger partial charge in [-0.25, -0.2) is 0 Å². The van der Waals surface area contributed by atoms with Crippen LogP contribution in [0.1, 0.15) is 30.7 Å². The second kappa shape index (κ2) is 7.58. The number of nitro benzene ring substituents is 1. The van der Waals surface area contributed by atoms with Crippen LogP contribution in [-0.4, -0.2) is 27.7 Å². The highest BCUT2D eigenvalue weighted by Gasteiger charge is 2.30. The van der Waals surface area contributed by atoms with E-state index in [1.807, 2.05) is 25.1 Å². The van der Waals surface area contributed by atoms with Gasteiger partial charge in [0, 0.05) is 41.7 Å². The Morgan fingerprint density at radius 2 is 1.86 bits per heavy atom. The number of nitro groups is 1. The molecule has 3 rings (SSSR count). The Hall–Kier alpha value is -3.35. The van der Waals surface area contributed by atoms with Gasteiger partial charge >= 0.3 is 5.97 Å². The number of carboxylic acid groups (broad SMARTS) is 1. The smallest absolute Gasteiger partial charge is 0.309 e. The van der Waals surface area contributed by atoms with Crippen LogP contribution in [0, 0.1) is 22.5 Å². The average Bonchev–Trinajstić information content (AvgIpc) is 2.93. The first-order valence-corrected chi connectivity index (χ1v) is 9.26. The topological polar surface area (TPSA) is 94.6 Å². The first-order chi connectivity index (χ1) is 13.6. The third-order valence-corrected chi connectivity index (χ3v) is 5.33. The van der Waals surface area contributed by atoms with E-state index in [1.54, 1.807) is 33.1 Å². The van der Waals surface area contributed by atoms with E-state index >= 15 is 0 Å². The maximum atomic E-state index is 11.7. The number of fused-ring (bicyclic) bond motifs is 1. The summed E-state index contributed by atoms with van der Waals surface area (Å²) < 4.78 is 7.45. The highest BCUT2D eigenvalue weighted by molar-refractivity contribution is 5.87. The Morgan fingerprint density at radius 1 is 1.21 bits per heavy atom. The van der Waals surface area contributed by atoms with Gasteiger partial charge in [0.25, 0.3) is 5.69 Å². The lowest BCUT2D eigenvalue weighted by Crippen LogP contribution is -2.27. The molecule has 0 aliphatic heterocycles. The zero-order chi connectivity index (χ0) is 21.3. The molecule has 0 saturated carbocycles. The van der Waals surface area contributed by atoms with Crippen LogP contribution in [0.5, 0.6) is 5.75 Å². The van der Waals surface area contributed by atoms with E-state index in [0.29, 0.717) is 13.0 Å². The fourth-order valence-corrected chi connectivity index (χ4v) is 3.49. The van der Waals surface area contributed by atoms with Crippen LogP contribution in [0.25, 0.3) is 10.9 Å². The number of non-ortho nitro benzene ring substituents is 1. The number of rotatable bonds is 7. The molecule has 7 nitrogen and oxygen atoms in total. The van der Waals surface area contributed by atoms with Crippen LogP contribution < -0.4 is 4.74 Å². The predicted octanol–water partition coefficient (Wildman–Crippen LogP) is 4.57. The fourth-order valence-electron chi connectivity index (χ4n) is 3.49. The normalized spacial score (nSPS) is 11.6. The molecule has 1 N–H and O–H groups in total. The number of nitrogens with zero attached hydrogens (tertiary/aromatic N) is 2. The SMILES string of the molecule is COc1ccc2c(c1)c(C)c(CC(C)(C)C(=O)O)n2Cc1ccc([N+](=O)[O-])cc1. The quantitative estimate of drug-likeness (QED) is 0.466. The van der Waals surface area contributed by atoms with Crippen molar-refractivity contribution >= 4 is 22.6 Å². The number of methoxy groups -OCH3 is 1. The number of aliphatic carboxylic acids is 1. The van der Waals surface area contributed by atoms with Crippen LogP contribution >= 0.6 is 0 Å². The third-order valence-electron chi connectivity index (χ3n) is 5.33. The monoisotopic (exact) mass is 396 g/mol. The van der Waals surface area contributed by atoms with Crippen molar-refractivity contribution in [1.29, 1.82) is 0 Å². The van der Waals surface area contributed by atoms with Crippen molar-refractivity contribution in [3.05, 3.63) is 69.4 Å². The van der Waals surface area contributed by atoms with E-state index in [1.165, 1.54) is 12.1 Å². The molecule has 0 fully saturated rings. The summed E-state index contributed by atoms with van der Waals surface area (Å²) in [5.74, 6) is -0.126. The van der Waals surface area contributed by atoms with Gasteiger partial charge in [0.05, 0.1) is 17.4 Å². The van der Waals surface area contributed by atoms with Gasteiger partial charge in [-0.15, -0.1) is 0 Å². The van der Waals surface area contributed by atoms with Crippen LogP contribution in [0.4, 0.5) is 5.69 Å². The molecule has 0 radical (unpaired) electrons. The van der Waals surface area contributed by atoms with Gasteiger partial charge in [-0.3, -0.25) is 14.9 Å². The van der Waals surface area contributed by atoms with Crippen molar-refractivity contribution in [1.82, 2.24) is 4.57 Å². The Labute approximate surface area is 168 Å². The van der Waals surface area contributed by atoms with Crippen LogP contribution in [0.3, 0.4) is 0 Å². The number of aromatic nitrogens is 1. The van der Waals surface area contributed by atoms with Crippen molar-refractivity contribution in [3.8, 4) is 5.75 Å². The minimum atomic E-state index is -0.934. The largest absolute Gasteiger partial charge is 0.497 e. The molecule has 0 spiro atoms. The molecule has 0 unspecified atom stereocenters. The van der Waals surface area contributed by atoms with Crippen LogP contribution in [0.15, 0.2) is 42.5 Å². The molecule has 1 heterocycles. The molecule has 7 heteroatoms. The van der Waals surface area contributed by atoms with Crippen molar-refractivity contribution in [2.75, 3.05) is 7.11 Å². The van der Waals surface area contributed by atoms with Crippen LogP contribution in [0.2, 0.25) is 0 Å². The summed E-state index contributed by atoms with van der Waals surface area (Å²) in [5, 5.41) is 21.5. The van der Waals surface area contributed by atoms with Gasteiger partial charge in [0.15, 0.2) is 0 Å². The maximum absolute atomic E-state index is 11.7. The van der Waals surface area contributed by atoms with E-state index < -0.39 is 16.3 Å². The maximum Gasteiger partial charge on any atom is 0.309 e. The lowest BCUT2D eigenvalue weighted by molar-refractivity contribution is -0.384. The number of benzene rings is 2. The minimum Gasteiger partial charge on any atom is -0.497 e. The molecule has 1 aromatic heterocycles. The lowest BCUT2D eigenvalue weighted by Gasteiger charge is -2.21. The fraction of sp³-hybridized carbons (Fsp3) is 0.318. The summed E-state index contributed by atoms with van der Waals surface area (Å²) in [6, 6.07) is 12.2. The predicted molar refractivity (Wildman–Crippen MR) is 111 cm³/mol. The van der Waals surface area contributed by atoms with Crippen molar-refractivity contribution in [3.63, 3.8) is 0 Å². The van der Waals surface area contributed by atoms with Crippen LogP contribution in [-0.2, 0) is 17.8 Å². The van der Waals surface area contributed by atoms with E-state index in [-0.39, 0.29) is 5.69 Å². The highest BCUT2D eigenvalue weighted by atomic mass is 16.6. The van der Waals surface area contributed by atoms with E-state index in [0.717, 1.165) is 33.5 Å². The van der Waals surface area contributed by atoms with Crippen molar-refractivity contribution in [2.45, 2.75) is 33.7 Å².